The van der Waals surface area contributed by atoms with Crippen LogP contribution in [0, 0.1) is 0 Å². The summed E-state index contributed by atoms with van der Waals surface area (Å²) in [5.41, 5.74) is 0.803. The van der Waals surface area contributed by atoms with Crippen LogP contribution < -0.4 is 10.1 Å². The van der Waals surface area contributed by atoms with Gasteiger partial charge in [-0.05, 0) is 18.7 Å². The molecule has 100 valence electrons. The molecule has 0 fully saturated rings. The maximum absolute atomic E-state index is 6.03. The van der Waals surface area contributed by atoms with Gasteiger partial charge in [-0.25, -0.2) is 4.98 Å². The van der Waals surface area contributed by atoms with Crippen LogP contribution in [0.25, 0.3) is 0 Å². The largest absolute Gasteiger partial charge is 0.436 e. The van der Waals surface area contributed by atoms with Crippen molar-refractivity contribution < 1.29 is 4.74 Å². The first kappa shape index (κ1) is 14.1. The molecular formula is C13H13Cl2N3O. The molecule has 0 aliphatic heterocycles. The lowest BCUT2D eigenvalue weighted by molar-refractivity contribution is 0.456. The number of aromatic nitrogens is 2. The number of hydrogen-bond donors (Lipinski definition) is 1. The van der Waals surface area contributed by atoms with E-state index in [-0.39, 0.29) is 0 Å². The summed E-state index contributed by atoms with van der Waals surface area (Å²) < 4.78 is 5.59. The van der Waals surface area contributed by atoms with Crippen molar-refractivity contribution in [3.63, 3.8) is 0 Å². The summed E-state index contributed by atoms with van der Waals surface area (Å²) in [6.45, 7) is 3.54. The fourth-order valence-electron chi connectivity index (χ4n) is 1.44. The molecule has 0 bridgehead atoms. The van der Waals surface area contributed by atoms with Gasteiger partial charge in [-0.3, -0.25) is 4.98 Å². The molecule has 1 aromatic heterocycles. The molecule has 0 spiro atoms. The SMILES string of the molecule is CCNCc1cncc(Oc2cc(Cl)ccc2Cl)n1. The van der Waals surface area contributed by atoms with Crippen LogP contribution in [0.2, 0.25) is 10.0 Å². The summed E-state index contributed by atoms with van der Waals surface area (Å²) in [4.78, 5) is 8.41. The zero-order valence-corrected chi connectivity index (χ0v) is 11.9. The van der Waals surface area contributed by atoms with Gasteiger partial charge in [-0.15, -0.1) is 0 Å². The molecule has 19 heavy (non-hydrogen) atoms. The van der Waals surface area contributed by atoms with Gasteiger partial charge in [-0.2, -0.15) is 0 Å². The molecule has 2 rings (SSSR count). The molecular weight excluding hydrogens is 285 g/mol. The van der Waals surface area contributed by atoms with Gasteiger partial charge in [0, 0.05) is 23.8 Å². The molecule has 0 amide bonds. The molecule has 0 aliphatic carbocycles. The minimum atomic E-state index is 0.388. The summed E-state index contributed by atoms with van der Waals surface area (Å²) in [5.74, 6) is 0.851. The number of nitrogens with zero attached hydrogens (tertiary/aromatic N) is 2. The molecule has 1 aromatic carbocycles. The molecule has 0 aliphatic rings. The highest BCUT2D eigenvalue weighted by molar-refractivity contribution is 6.34. The standard InChI is InChI=1S/C13H13Cl2N3O/c1-2-16-6-10-7-17-8-13(18-10)19-12-5-9(14)3-4-11(12)15/h3-5,7-8,16H,2,6H2,1H3. The lowest BCUT2D eigenvalue weighted by atomic mass is 10.3. The van der Waals surface area contributed by atoms with Crippen LogP contribution in [0.3, 0.4) is 0 Å². The van der Waals surface area contributed by atoms with Gasteiger partial charge >= 0.3 is 0 Å². The Labute approximate surface area is 121 Å². The Morgan fingerprint density at radius 3 is 2.89 bits per heavy atom. The second-order valence-electron chi connectivity index (χ2n) is 3.81. The monoisotopic (exact) mass is 297 g/mol. The van der Waals surface area contributed by atoms with Crippen molar-refractivity contribution in [1.29, 1.82) is 0 Å². The Bertz CT molecular complexity index is 563. The van der Waals surface area contributed by atoms with Crippen molar-refractivity contribution in [2.45, 2.75) is 13.5 Å². The summed E-state index contributed by atoms with van der Waals surface area (Å²) in [5, 5.41) is 4.20. The Kier molecular flexibility index (Phi) is 4.96. The number of hydrogen-bond acceptors (Lipinski definition) is 4. The van der Waals surface area contributed by atoms with Crippen LogP contribution in [0.15, 0.2) is 30.6 Å². The Morgan fingerprint density at radius 2 is 2.11 bits per heavy atom. The third kappa shape index (κ3) is 4.06. The molecule has 0 radical (unpaired) electrons. The summed E-state index contributed by atoms with van der Waals surface area (Å²) in [6, 6.07) is 5.02. The third-order valence-electron chi connectivity index (χ3n) is 2.33. The van der Waals surface area contributed by atoms with Crippen LogP contribution in [0.4, 0.5) is 0 Å². The van der Waals surface area contributed by atoms with Crippen molar-refractivity contribution in [1.82, 2.24) is 15.3 Å². The predicted octanol–water partition coefficient (Wildman–Crippen LogP) is 3.69. The van der Waals surface area contributed by atoms with Crippen LogP contribution >= 0.6 is 23.2 Å². The number of benzene rings is 1. The van der Waals surface area contributed by atoms with Crippen molar-refractivity contribution >= 4 is 23.2 Å². The lowest BCUT2D eigenvalue weighted by Gasteiger charge is -2.08. The molecule has 2 aromatic rings. The third-order valence-corrected chi connectivity index (χ3v) is 2.87. The van der Waals surface area contributed by atoms with Crippen LogP contribution in [-0.4, -0.2) is 16.5 Å². The minimum Gasteiger partial charge on any atom is -0.436 e. The van der Waals surface area contributed by atoms with Crippen molar-refractivity contribution in [2.75, 3.05) is 6.54 Å². The first-order valence-electron chi connectivity index (χ1n) is 5.83. The Morgan fingerprint density at radius 1 is 1.26 bits per heavy atom. The van der Waals surface area contributed by atoms with Gasteiger partial charge < -0.3 is 10.1 Å². The highest BCUT2D eigenvalue weighted by atomic mass is 35.5. The van der Waals surface area contributed by atoms with E-state index < -0.39 is 0 Å². The van der Waals surface area contributed by atoms with Gasteiger partial charge in [0.1, 0.15) is 5.75 Å². The molecule has 4 nitrogen and oxygen atoms in total. The molecule has 0 atom stereocenters. The summed E-state index contributed by atoms with van der Waals surface area (Å²) >= 11 is 11.9. The van der Waals surface area contributed by atoms with E-state index in [0.29, 0.717) is 28.2 Å². The van der Waals surface area contributed by atoms with E-state index >= 15 is 0 Å². The molecule has 1 N–H and O–H groups in total. The van der Waals surface area contributed by atoms with Crippen LogP contribution in [-0.2, 0) is 6.54 Å². The Balaban J connectivity index is 2.16. The topological polar surface area (TPSA) is 47.0 Å². The normalized spacial score (nSPS) is 10.5. The van der Waals surface area contributed by atoms with Gasteiger partial charge in [0.2, 0.25) is 5.88 Å². The number of rotatable bonds is 5. The second kappa shape index (κ2) is 6.70. The molecule has 0 saturated carbocycles. The molecule has 6 heteroatoms. The van der Waals surface area contributed by atoms with E-state index in [0.717, 1.165) is 12.2 Å². The molecule has 0 saturated heterocycles. The number of halogens is 2. The average molecular weight is 298 g/mol. The zero-order valence-electron chi connectivity index (χ0n) is 10.4. The van der Waals surface area contributed by atoms with Gasteiger partial charge in [0.15, 0.2) is 0 Å². The number of ether oxygens (including phenoxy) is 1. The quantitative estimate of drug-likeness (QED) is 0.914. The fourth-order valence-corrected chi connectivity index (χ4v) is 1.76. The van der Waals surface area contributed by atoms with E-state index in [1.165, 1.54) is 6.20 Å². The van der Waals surface area contributed by atoms with Crippen molar-refractivity contribution in [3.05, 3.63) is 46.3 Å². The van der Waals surface area contributed by atoms with E-state index in [2.05, 4.69) is 15.3 Å². The van der Waals surface area contributed by atoms with Crippen molar-refractivity contribution in [2.24, 2.45) is 0 Å². The van der Waals surface area contributed by atoms with Crippen LogP contribution in [0.1, 0.15) is 12.6 Å². The smallest absolute Gasteiger partial charge is 0.238 e. The zero-order chi connectivity index (χ0) is 13.7. The van der Waals surface area contributed by atoms with Gasteiger partial charge in [0.05, 0.1) is 16.9 Å². The van der Waals surface area contributed by atoms with Crippen molar-refractivity contribution in [3.8, 4) is 11.6 Å². The first-order valence-corrected chi connectivity index (χ1v) is 6.59. The fraction of sp³-hybridized carbons (Fsp3) is 0.231. The van der Waals surface area contributed by atoms with E-state index in [9.17, 15) is 0 Å². The highest BCUT2D eigenvalue weighted by Crippen LogP contribution is 2.30. The molecule has 1 heterocycles. The maximum Gasteiger partial charge on any atom is 0.238 e. The lowest BCUT2D eigenvalue weighted by Crippen LogP contribution is -2.13. The second-order valence-corrected chi connectivity index (χ2v) is 4.65. The van der Waals surface area contributed by atoms with E-state index in [1.807, 2.05) is 6.92 Å². The van der Waals surface area contributed by atoms with E-state index in [1.54, 1.807) is 24.4 Å². The highest BCUT2D eigenvalue weighted by Gasteiger charge is 2.06. The summed E-state index contributed by atoms with van der Waals surface area (Å²) in [7, 11) is 0. The van der Waals surface area contributed by atoms with E-state index in [4.69, 9.17) is 27.9 Å². The predicted molar refractivity (Wildman–Crippen MR) is 75.9 cm³/mol. The van der Waals surface area contributed by atoms with Gasteiger partial charge in [-0.1, -0.05) is 30.1 Å². The average Bonchev–Trinajstić information content (AvgIpc) is 2.41. The maximum atomic E-state index is 6.03. The molecule has 0 unspecified atom stereocenters. The number of nitrogens with one attached hydrogen (secondary N) is 1. The first-order chi connectivity index (χ1) is 9.19. The summed E-state index contributed by atoms with van der Waals surface area (Å²) in [6.07, 6.45) is 3.22. The van der Waals surface area contributed by atoms with Crippen LogP contribution in [0.5, 0.6) is 11.6 Å². The van der Waals surface area contributed by atoms with Gasteiger partial charge in [0.25, 0.3) is 0 Å². The Hall–Kier alpha value is -1.36. The minimum absolute atomic E-state index is 0.388.